The summed E-state index contributed by atoms with van der Waals surface area (Å²) in [6.45, 7) is 0.584. The fraction of sp³-hybridized carbons (Fsp3) is 0.400. The van der Waals surface area contributed by atoms with Crippen LogP contribution >= 0.6 is 27.5 Å². The van der Waals surface area contributed by atoms with Crippen molar-refractivity contribution in [3.63, 3.8) is 0 Å². The number of rotatable bonds is 4. The number of halogens is 2. The van der Waals surface area contributed by atoms with Crippen LogP contribution in [0, 0.1) is 0 Å². The van der Waals surface area contributed by atoms with E-state index in [1.807, 2.05) is 12.1 Å². The van der Waals surface area contributed by atoms with E-state index in [1.165, 1.54) is 0 Å². The van der Waals surface area contributed by atoms with Crippen LogP contribution in [-0.4, -0.2) is 30.4 Å². The molecule has 0 radical (unpaired) electrons. The molecule has 0 aromatic heterocycles. The van der Waals surface area contributed by atoms with E-state index in [-0.39, 0.29) is 12.7 Å². The van der Waals surface area contributed by atoms with E-state index in [0.29, 0.717) is 18.0 Å². The number of fused-ring (bicyclic) bond motifs is 1. The van der Waals surface area contributed by atoms with Gasteiger partial charge in [0, 0.05) is 11.0 Å². The molecule has 16 heavy (non-hydrogen) atoms. The van der Waals surface area contributed by atoms with Crippen molar-refractivity contribution in [2.45, 2.75) is 6.10 Å². The number of hydrogen-bond donors (Lipinski definition) is 2. The minimum atomic E-state index is -0.591. The van der Waals surface area contributed by atoms with Crippen molar-refractivity contribution in [2.24, 2.45) is 0 Å². The molecule has 6 heteroatoms. The molecular weight excluding hydrogens is 297 g/mol. The fourth-order valence-electron chi connectivity index (χ4n) is 1.39. The second kappa shape index (κ2) is 5.12. The van der Waals surface area contributed by atoms with Crippen molar-refractivity contribution in [3.05, 3.63) is 16.6 Å². The van der Waals surface area contributed by atoms with E-state index in [4.69, 9.17) is 21.1 Å². The van der Waals surface area contributed by atoms with E-state index in [9.17, 15) is 5.11 Å². The van der Waals surface area contributed by atoms with Gasteiger partial charge in [-0.3, -0.25) is 0 Å². The summed E-state index contributed by atoms with van der Waals surface area (Å²) in [4.78, 5) is 0. The molecule has 4 nitrogen and oxygen atoms in total. The summed E-state index contributed by atoms with van der Waals surface area (Å²) in [5, 5.41) is 12.5. The van der Waals surface area contributed by atoms with Crippen LogP contribution in [0.5, 0.6) is 11.5 Å². The first-order valence-electron chi connectivity index (χ1n) is 4.78. The molecule has 0 spiro atoms. The lowest BCUT2D eigenvalue weighted by Crippen LogP contribution is -2.21. The highest BCUT2D eigenvalue weighted by Gasteiger charge is 2.20. The average Bonchev–Trinajstić information content (AvgIpc) is 2.75. The first-order valence-corrected chi connectivity index (χ1v) is 6.11. The minimum Gasteiger partial charge on any atom is -0.454 e. The van der Waals surface area contributed by atoms with Gasteiger partial charge in [-0.2, -0.15) is 0 Å². The molecular formula is C10H11BrClNO3. The molecule has 0 bridgehead atoms. The normalized spacial score (nSPS) is 14.9. The van der Waals surface area contributed by atoms with Crippen LogP contribution < -0.4 is 14.8 Å². The van der Waals surface area contributed by atoms with Gasteiger partial charge in [-0.15, -0.1) is 11.6 Å². The largest absolute Gasteiger partial charge is 0.454 e. The maximum atomic E-state index is 9.38. The van der Waals surface area contributed by atoms with Crippen molar-refractivity contribution in [1.82, 2.24) is 0 Å². The van der Waals surface area contributed by atoms with Crippen LogP contribution in [-0.2, 0) is 0 Å². The van der Waals surface area contributed by atoms with Crippen LogP contribution in [0.4, 0.5) is 5.69 Å². The molecule has 0 amide bonds. The van der Waals surface area contributed by atoms with E-state index in [1.54, 1.807) is 0 Å². The van der Waals surface area contributed by atoms with Crippen LogP contribution in [0.1, 0.15) is 0 Å². The van der Waals surface area contributed by atoms with Gasteiger partial charge >= 0.3 is 0 Å². The Hall–Kier alpha value is -0.650. The van der Waals surface area contributed by atoms with Gasteiger partial charge in [0.2, 0.25) is 6.79 Å². The maximum absolute atomic E-state index is 9.38. The Bertz CT molecular complexity index is 389. The van der Waals surface area contributed by atoms with Crippen LogP contribution in [0.3, 0.4) is 0 Å². The highest BCUT2D eigenvalue weighted by molar-refractivity contribution is 9.10. The molecule has 1 aromatic carbocycles. The lowest BCUT2D eigenvalue weighted by atomic mass is 10.2. The molecule has 2 rings (SSSR count). The third-order valence-corrected chi connectivity index (χ3v) is 3.20. The van der Waals surface area contributed by atoms with Gasteiger partial charge in [0.05, 0.1) is 17.7 Å². The lowest BCUT2D eigenvalue weighted by Gasteiger charge is -2.13. The summed E-state index contributed by atoms with van der Waals surface area (Å²) in [5.74, 6) is 1.55. The average molecular weight is 309 g/mol. The Balaban J connectivity index is 2.16. The number of hydrogen-bond acceptors (Lipinski definition) is 4. The van der Waals surface area contributed by atoms with Gasteiger partial charge in [-0.25, -0.2) is 0 Å². The SMILES string of the molecule is OC(CCl)CNc1c(Br)ccc2c1OCO2. The summed E-state index contributed by atoms with van der Waals surface area (Å²) in [6.07, 6.45) is -0.591. The molecule has 1 unspecified atom stereocenters. The van der Waals surface area contributed by atoms with Gasteiger partial charge in [0.15, 0.2) is 11.5 Å². The van der Waals surface area contributed by atoms with Crippen LogP contribution in [0.2, 0.25) is 0 Å². The molecule has 1 aromatic rings. The molecule has 0 aliphatic carbocycles. The second-order valence-corrected chi connectivity index (χ2v) is 4.51. The van der Waals surface area contributed by atoms with Crippen molar-refractivity contribution < 1.29 is 14.6 Å². The Morgan fingerprint density at radius 2 is 2.31 bits per heavy atom. The molecule has 0 saturated heterocycles. The molecule has 1 aliphatic rings. The Morgan fingerprint density at radius 1 is 1.50 bits per heavy atom. The zero-order valence-corrected chi connectivity index (χ0v) is 10.7. The van der Waals surface area contributed by atoms with Crippen LogP contribution in [0.25, 0.3) is 0 Å². The zero-order chi connectivity index (χ0) is 11.5. The number of nitrogens with one attached hydrogen (secondary N) is 1. The summed E-state index contributed by atoms with van der Waals surface area (Å²) in [5.41, 5.74) is 0.777. The Kier molecular flexibility index (Phi) is 3.78. The highest BCUT2D eigenvalue weighted by Crippen LogP contribution is 2.43. The minimum absolute atomic E-state index is 0.191. The topological polar surface area (TPSA) is 50.7 Å². The van der Waals surface area contributed by atoms with E-state index < -0.39 is 6.10 Å². The third kappa shape index (κ3) is 2.36. The third-order valence-electron chi connectivity index (χ3n) is 2.18. The number of alkyl halides is 1. The number of ether oxygens (including phenoxy) is 2. The summed E-state index contributed by atoms with van der Waals surface area (Å²) in [6, 6.07) is 3.69. The predicted molar refractivity (Wildman–Crippen MR) is 65.5 cm³/mol. The van der Waals surface area contributed by atoms with Crippen LogP contribution in [0.15, 0.2) is 16.6 Å². The summed E-state index contributed by atoms with van der Waals surface area (Å²) in [7, 11) is 0. The van der Waals surface area contributed by atoms with Gasteiger partial charge in [-0.1, -0.05) is 0 Å². The maximum Gasteiger partial charge on any atom is 0.231 e. The lowest BCUT2D eigenvalue weighted by molar-refractivity contribution is 0.174. The molecule has 1 heterocycles. The Morgan fingerprint density at radius 3 is 3.06 bits per heavy atom. The van der Waals surface area contributed by atoms with Gasteiger partial charge in [0.1, 0.15) is 0 Å². The first kappa shape index (κ1) is 11.8. The van der Waals surface area contributed by atoms with Gasteiger partial charge in [0.25, 0.3) is 0 Å². The second-order valence-electron chi connectivity index (χ2n) is 3.35. The van der Waals surface area contributed by atoms with E-state index in [2.05, 4.69) is 21.2 Å². The standard InChI is InChI=1S/C10H11BrClNO3/c11-7-1-2-8-10(16-5-15-8)9(7)13-4-6(14)3-12/h1-2,6,13-14H,3-5H2. The summed E-state index contributed by atoms with van der Waals surface area (Å²) < 4.78 is 11.5. The quantitative estimate of drug-likeness (QED) is 0.837. The highest BCUT2D eigenvalue weighted by atomic mass is 79.9. The first-order chi connectivity index (χ1) is 7.72. The number of benzene rings is 1. The van der Waals surface area contributed by atoms with E-state index >= 15 is 0 Å². The Labute approximate surface area is 107 Å². The molecule has 0 saturated carbocycles. The molecule has 1 atom stereocenters. The van der Waals surface area contributed by atoms with Crippen molar-refractivity contribution in [2.75, 3.05) is 24.5 Å². The molecule has 88 valence electrons. The number of aliphatic hydroxyl groups is 1. The van der Waals surface area contributed by atoms with Crippen molar-refractivity contribution in [3.8, 4) is 11.5 Å². The molecule has 1 aliphatic heterocycles. The summed E-state index contributed by atoms with van der Waals surface area (Å²) >= 11 is 8.93. The fourth-order valence-corrected chi connectivity index (χ4v) is 1.95. The zero-order valence-electron chi connectivity index (χ0n) is 8.37. The van der Waals surface area contributed by atoms with Crippen molar-refractivity contribution >= 4 is 33.2 Å². The smallest absolute Gasteiger partial charge is 0.231 e. The molecule has 2 N–H and O–H groups in total. The van der Waals surface area contributed by atoms with E-state index in [0.717, 1.165) is 10.2 Å². The number of anilines is 1. The predicted octanol–water partition coefficient (Wildman–Crippen LogP) is 2.19. The van der Waals surface area contributed by atoms with Gasteiger partial charge < -0.3 is 19.9 Å². The van der Waals surface area contributed by atoms with Gasteiger partial charge in [-0.05, 0) is 28.1 Å². The van der Waals surface area contributed by atoms with Crippen molar-refractivity contribution in [1.29, 1.82) is 0 Å². The molecule has 0 fully saturated rings. The number of aliphatic hydroxyl groups excluding tert-OH is 1. The monoisotopic (exact) mass is 307 g/mol.